The average molecular weight is 462 g/mol. The van der Waals surface area contributed by atoms with E-state index >= 15 is 0 Å². The van der Waals surface area contributed by atoms with Gasteiger partial charge in [0.2, 0.25) is 11.7 Å². The summed E-state index contributed by atoms with van der Waals surface area (Å²) >= 11 is 0. The fraction of sp³-hybridized carbons (Fsp3) is 0.458. The van der Waals surface area contributed by atoms with Crippen LogP contribution in [0.1, 0.15) is 62.9 Å². The third-order valence-electron chi connectivity index (χ3n) is 6.60. The second-order valence-corrected chi connectivity index (χ2v) is 9.15. The molecule has 4 heterocycles. The Hall–Kier alpha value is -3.53. The lowest BCUT2D eigenvalue weighted by atomic mass is 10.1. The second-order valence-electron chi connectivity index (χ2n) is 9.15. The molecular formula is C24H27N7O3. The molecule has 1 fully saturated rings. The first-order valence-electron chi connectivity index (χ1n) is 11.7. The van der Waals surface area contributed by atoms with Crippen LogP contribution in [0.3, 0.4) is 0 Å². The topological polar surface area (TPSA) is 106 Å². The third-order valence-corrected chi connectivity index (χ3v) is 6.60. The predicted octanol–water partition coefficient (Wildman–Crippen LogP) is 4.13. The number of nitrogens with zero attached hydrogens (tertiary/aromatic N) is 7. The molecule has 1 aromatic carbocycles. The highest BCUT2D eigenvalue weighted by Crippen LogP contribution is 2.36. The first-order chi connectivity index (χ1) is 16.6. The van der Waals surface area contributed by atoms with Crippen molar-refractivity contribution in [3.63, 3.8) is 0 Å². The van der Waals surface area contributed by atoms with Crippen molar-refractivity contribution in [2.75, 3.05) is 7.11 Å². The van der Waals surface area contributed by atoms with Crippen LogP contribution in [-0.4, -0.2) is 47.7 Å². The van der Waals surface area contributed by atoms with Crippen molar-refractivity contribution in [2.45, 2.75) is 64.7 Å². The molecule has 1 aliphatic carbocycles. The number of hydrogen-bond acceptors (Lipinski definition) is 8. The maximum Gasteiger partial charge on any atom is 0.229 e. The Bertz CT molecular complexity index is 1330. The van der Waals surface area contributed by atoms with Crippen LogP contribution >= 0.6 is 0 Å². The minimum absolute atomic E-state index is 0.138. The SMILES string of the molecule is COc1ccc2c(c1)-c1nnc(COC3CCCC3)n1Cc1c(-c3noc(C(C)C)n3)ncn1-2. The molecule has 4 aromatic rings. The highest BCUT2D eigenvalue weighted by Gasteiger charge is 2.29. The van der Waals surface area contributed by atoms with Gasteiger partial charge in [-0.1, -0.05) is 31.8 Å². The number of imidazole rings is 1. The summed E-state index contributed by atoms with van der Waals surface area (Å²) in [6.45, 7) is 4.97. The van der Waals surface area contributed by atoms with Gasteiger partial charge < -0.3 is 18.6 Å². The van der Waals surface area contributed by atoms with Crippen LogP contribution < -0.4 is 4.74 Å². The molecule has 2 aliphatic rings. The van der Waals surface area contributed by atoms with Crippen molar-refractivity contribution in [2.24, 2.45) is 0 Å². The van der Waals surface area contributed by atoms with E-state index in [-0.39, 0.29) is 5.92 Å². The quantitative estimate of drug-likeness (QED) is 0.372. The van der Waals surface area contributed by atoms with E-state index in [1.54, 1.807) is 13.4 Å². The number of hydrogen-bond donors (Lipinski definition) is 0. The van der Waals surface area contributed by atoms with Crippen molar-refractivity contribution in [1.29, 1.82) is 0 Å². The fourth-order valence-corrected chi connectivity index (χ4v) is 4.72. The number of benzene rings is 1. The highest BCUT2D eigenvalue weighted by atomic mass is 16.5. The highest BCUT2D eigenvalue weighted by molar-refractivity contribution is 5.72. The Morgan fingerprint density at radius 1 is 1.18 bits per heavy atom. The van der Waals surface area contributed by atoms with Gasteiger partial charge in [0, 0.05) is 11.5 Å². The van der Waals surface area contributed by atoms with Gasteiger partial charge in [-0.2, -0.15) is 4.98 Å². The molecule has 0 spiro atoms. The van der Waals surface area contributed by atoms with Gasteiger partial charge >= 0.3 is 0 Å². The molecule has 3 aromatic heterocycles. The van der Waals surface area contributed by atoms with Gasteiger partial charge in [0.25, 0.3) is 0 Å². The van der Waals surface area contributed by atoms with Crippen LogP contribution in [0.25, 0.3) is 28.6 Å². The maximum absolute atomic E-state index is 6.19. The van der Waals surface area contributed by atoms with Gasteiger partial charge in [0.15, 0.2) is 11.6 Å². The number of aromatic nitrogens is 7. The van der Waals surface area contributed by atoms with E-state index in [0.29, 0.717) is 36.7 Å². The molecule has 10 heteroatoms. The summed E-state index contributed by atoms with van der Waals surface area (Å²) in [6, 6.07) is 5.93. The van der Waals surface area contributed by atoms with E-state index in [9.17, 15) is 0 Å². The number of methoxy groups -OCH3 is 1. The minimum atomic E-state index is 0.138. The molecule has 0 N–H and O–H groups in total. The van der Waals surface area contributed by atoms with Gasteiger partial charge in [-0.05, 0) is 31.0 Å². The summed E-state index contributed by atoms with van der Waals surface area (Å²) in [5.74, 6) is 3.51. The maximum atomic E-state index is 6.19. The van der Waals surface area contributed by atoms with Crippen LogP contribution in [0, 0.1) is 0 Å². The van der Waals surface area contributed by atoms with Crippen molar-refractivity contribution >= 4 is 0 Å². The van der Waals surface area contributed by atoms with Crippen molar-refractivity contribution in [1.82, 2.24) is 34.5 Å². The summed E-state index contributed by atoms with van der Waals surface area (Å²) in [4.78, 5) is 9.27. The van der Waals surface area contributed by atoms with E-state index in [1.807, 2.05) is 32.0 Å². The molecule has 6 rings (SSSR count). The molecule has 176 valence electrons. The Morgan fingerprint density at radius 3 is 2.79 bits per heavy atom. The van der Waals surface area contributed by atoms with Gasteiger partial charge in [0.1, 0.15) is 24.4 Å². The van der Waals surface area contributed by atoms with Gasteiger partial charge in [-0.15, -0.1) is 10.2 Å². The van der Waals surface area contributed by atoms with Gasteiger partial charge in [0.05, 0.1) is 31.1 Å². The number of rotatable bonds is 6. The second kappa shape index (κ2) is 8.35. The lowest BCUT2D eigenvalue weighted by Crippen LogP contribution is -2.13. The standard InChI is InChI=1S/C24H27N7O3/c1-14(2)24-26-22(29-34-24)21-19-11-30-20(12-33-15-6-4-5-7-15)27-28-23(30)17-10-16(32-3)8-9-18(17)31(19)13-25-21/h8-10,13-15H,4-7,11-12H2,1-3H3. The lowest BCUT2D eigenvalue weighted by molar-refractivity contribution is 0.0401. The van der Waals surface area contributed by atoms with Crippen LogP contribution in [0.2, 0.25) is 0 Å². The summed E-state index contributed by atoms with van der Waals surface area (Å²) < 4.78 is 21.3. The summed E-state index contributed by atoms with van der Waals surface area (Å²) in [6.07, 6.45) is 6.75. The zero-order valence-electron chi connectivity index (χ0n) is 19.6. The van der Waals surface area contributed by atoms with Gasteiger partial charge in [-0.25, -0.2) is 4.98 Å². The molecular weight excluding hydrogens is 434 g/mol. The van der Waals surface area contributed by atoms with Crippen molar-refractivity contribution in [3.8, 4) is 34.3 Å². The van der Waals surface area contributed by atoms with Crippen LogP contribution in [0.4, 0.5) is 0 Å². The van der Waals surface area contributed by atoms with Crippen LogP contribution in [0.5, 0.6) is 5.75 Å². The minimum Gasteiger partial charge on any atom is -0.497 e. The Kier molecular flexibility index (Phi) is 5.17. The third kappa shape index (κ3) is 3.49. The predicted molar refractivity (Wildman–Crippen MR) is 123 cm³/mol. The first kappa shape index (κ1) is 21.0. The molecule has 0 saturated heterocycles. The summed E-state index contributed by atoms with van der Waals surface area (Å²) in [5.41, 5.74) is 3.47. The molecule has 1 saturated carbocycles. The molecule has 0 bridgehead atoms. The lowest BCUT2D eigenvalue weighted by Gasteiger charge is -2.12. The molecule has 10 nitrogen and oxygen atoms in total. The van der Waals surface area contributed by atoms with Crippen molar-refractivity contribution < 1.29 is 14.0 Å². The molecule has 0 unspecified atom stereocenters. The zero-order chi connectivity index (χ0) is 23.2. The normalized spacial score (nSPS) is 15.3. The van der Waals surface area contributed by atoms with E-state index in [2.05, 4.69) is 34.5 Å². The molecule has 34 heavy (non-hydrogen) atoms. The van der Waals surface area contributed by atoms with E-state index in [4.69, 9.17) is 14.0 Å². The first-order valence-corrected chi connectivity index (χ1v) is 11.7. The molecule has 1 aliphatic heterocycles. The molecule has 0 atom stereocenters. The smallest absolute Gasteiger partial charge is 0.229 e. The van der Waals surface area contributed by atoms with Crippen molar-refractivity contribution in [3.05, 3.63) is 41.9 Å². The Morgan fingerprint density at radius 2 is 2.03 bits per heavy atom. The molecule has 0 radical (unpaired) electrons. The van der Waals surface area contributed by atoms with Crippen LogP contribution in [-0.2, 0) is 17.9 Å². The van der Waals surface area contributed by atoms with Crippen LogP contribution in [0.15, 0.2) is 29.0 Å². The van der Waals surface area contributed by atoms with Gasteiger partial charge in [-0.3, -0.25) is 4.57 Å². The number of ether oxygens (including phenoxy) is 2. The summed E-state index contributed by atoms with van der Waals surface area (Å²) in [7, 11) is 1.66. The molecule has 0 amide bonds. The number of fused-ring (bicyclic) bond motifs is 5. The fourth-order valence-electron chi connectivity index (χ4n) is 4.72. The zero-order valence-corrected chi connectivity index (χ0v) is 19.6. The monoisotopic (exact) mass is 461 g/mol. The largest absolute Gasteiger partial charge is 0.497 e. The van der Waals surface area contributed by atoms with E-state index in [0.717, 1.165) is 47.2 Å². The summed E-state index contributed by atoms with van der Waals surface area (Å²) in [5, 5.41) is 13.3. The van der Waals surface area contributed by atoms with E-state index in [1.165, 1.54) is 12.8 Å². The Balaban J connectivity index is 1.47. The average Bonchev–Trinajstić information content (AvgIpc) is 3.63. The van der Waals surface area contributed by atoms with E-state index < -0.39 is 0 Å². The Labute approximate surface area is 196 Å².